The van der Waals surface area contributed by atoms with E-state index in [1.54, 1.807) is 13.0 Å². The molecule has 1 saturated carbocycles. The van der Waals surface area contributed by atoms with E-state index in [0.29, 0.717) is 5.92 Å². The Morgan fingerprint density at radius 2 is 2.00 bits per heavy atom. The van der Waals surface area contributed by atoms with E-state index >= 15 is 0 Å². The van der Waals surface area contributed by atoms with Crippen LogP contribution in [-0.4, -0.2) is 5.38 Å². The van der Waals surface area contributed by atoms with Gasteiger partial charge in [-0.25, -0.2) is 4.39 Å². The molecular weight excluding hydrogens is 223 g/mol. The molecule has 16 heavy (non-hydrogen) atoms. The molecular formula is C14H16ClF. The third-order valence-electron chi connectivity index (χ3n) is 3.51. The first-order valence-electron chi connectivity index (χ1n) is 5.49. The largest absolute Gasteiger partial charge is 0.207 e. The number of rotatable bonds is 2. The van der Waals surface area contributed by atoms with Crippen LogP contribution in [0, 0.1) is 25.6 Å². The van der Waals surface area contributed by atoms with Gasteiger partial charge in [-0.05, 0) is 43.5 Å². The molecule has 0 radical (unpaired) electrons. The first-order chi connectivity index (χ1) is 7.43. The minimum Gasteiger partial charge on any atom is -0.207 e. The van der Waals surface area contributed by atoms with Crippen LogP contribution in [0.2, 0.25) is 0 Å². The Hall–Kier alpha value is -0.820. The molecule has 0 bridgehead atoms. The van der Waals surface area contributed by atoms with Crippen molar-refractivity contribution >= 4 is 11.6 Å². The first kappa shape index (κ1) is 11.7. The fourth-order valence-electron chi connectivity index (χ4n) is 2.28. The van der Waals surface area contributed by atoms with Gasteiger partial charge in [-0.1, -0.05) is 18.2 Å². The summed E-state index contributed by atoms with van der Waals surface area (Å²) >= 11 is 6.21. The molecule has 3 unspecified atom stereocenters. The lowest BCUT2D eigenvalue weighted by molar-refractivity contribution is 0.614. The molecule has 2 heteroatoms. The second-order valence-electron chi connectivity index (χ2n) is 4.79. The molecule has 0 N–H and O–H groups in total. The minimum atomic E-state index is -0.133. The summed E-state index contributed by atoms with van der Waals surface area (Å²) in [5, 5.41) is 0.0824. The first-order valence-corrected chi connectivity index (χ1v) is 5.93. The highest BCUT2D eigenvalue weighted by Crippen LogP contribution is 2.55. The Labute approximate surface area is 101 Å². The average molecular weight is 239 g/mol. The van der Waals surface area contributed by atoms with Crippen molar-refractivity contribution in [1.29, 1.82) is 0 Å². The molecule has 1 fully saturated rings. The number of halogens is 2. The van der Waals surface area contributed by atoms with Crippen LogP contribution in [0.15, 0.2) is 24.3 Å². The van der Waals surface area contributed by atoms with Gasteiger partial charge >= 0.3 is 0 Å². The molecule has 0 nitrogen and oxygen atoms in total. The average Bonchev–Trinajstić information content (AvgIpc) is 2.86. The van der Waals surface area contributed by atoms with Gasteiger partial charge in [0.05, 0.1) is 0 Å². The van der Waals surface area contributed by atoms with Crippen LogP contribution in [0.3, 0.4) is 0 Å². The quantitative estimate of drug-likeness (QED) is 0.531. The third-order valence-corrected chi connectivity index (χ3v) is 4.06. The fourth-order valence-corrected chi connectivity index (χ4v) is 2.87. The van der Waals surface area contributed by atoms with Crippen LogP contribution in [0.25, 0.3) is 0 Å². The summed E-state index contributed by atoms with van der Waals surface area (Å²) in [5.74, 6) is 0.419. The summed E-state index contributed by atoms with van der Waals surface area (Å²) in [6, 6.07) is 3.66. The van der Waals surface area contributed by atoms with E-state index in [9.17, 15) is 4.39 Å². The summed E-state index contributed by atoms with van der Waals surface area (Å²) in [6.07, 6.45) is 0. The number of hydrogen-bond donors (Lipinski definition) is 0. The van der Waals surface area contributed by atoms with Crippen molar-refractivity contribution in [2.75, 3.05) is 0 Å². The molecule has 86 valence electrons. The van der Waals surface area contributed by atoms with E-state index in [2.05, 4.69) is 6.58 Å². The standard InChI is InChI=1S/C14H16ClF/c1-7(2)12-13(14(12)15)10-5-8(3)9(4)11(16)6-10/h5-6,12-14H,1H2,2-4H3. The Morgan fingerprint density at radius 3 is 2.44 bits per heavy atom. The third kappa shape index (κ3) is 1.78. The molecule has 0 spiro atoms. The van der Waals surface area contributed by atoms with Gasteiger partial charge in [0.2, 0.25) is 0 Å². The summed E-state index contributed by atoms with van der Waals surface area (Å²) in [4.78, 5) is 0. The van der Waals surface area contributed by atoms with Crippen LogP contribution in [0.5, 0.6) is 0 Å². The van der Waals surface area contributed by atoms with Crippen molar-refractivity contribution in [3.8, 4) is 0 Å². The van der Waals surface area contributed by atoms with Crippen molar-refractivity contribution in [3.63, 3.8) is 0 Å². The Bertz CT molecular complexity index is 427. The molecule has 0 aromatic heterocycles. The lowest BCUT2D eigenvalue weighted by atomic mass is 10.0. The van der Waals surface area contributed by atoms with Gasteiger partial charge in [-0.3, -0.25) is 0 Å². The van der Waals surface area contributed by atoms with Crippen molar-refractivity contribution in [2.45, 2.75) is 32.1 Å². The highest BCUT2D eigenvalue weighted by molar-refractivity contribution is 6.24. The summed E-state index contributed by atoms with van der Waals surface area (Å²) in [5.41, 5.74) is 3.81. The zero-order chi connectivity index (χ0) is 12.0. The highest BCUT2D eigenvalue weighted by atomic mass is 35.5. The van der Waals surface area contributed by atoms with E-state index < -0.39 is 0 Å². The molecule has 2 rings (SSSR count). The van der Waals surface area contributed by atoms with Crippen LogP contribution in [0.4, 0.5) is 4.39 Å². The van der Waals surface area contributed by atoms with E-state index in [1.165, 1.54) is 0 Å². The van der Waals surface area contributed by atoms with Gasteiger partial charge in [0.15, 0.2) is 0 Å². The molecule has 1 aliphatic rings. The van der Waals surface area contributed by atoms with Gasteiger partial charge in [0, 0.05) is 17.2 Å². The molecule has 1 aromatic rings. The van der Waals surface area contributed by atoms with Gasteiger partial charge in [0.25, 0.3) is 0 Å². The van der Waals surface area contributed by atoms with Crippen LogP contribution >= 0.6 is 11.6 Å². The molecule has 0 amide bonds. The predicted molar refractivity (Wildman–Crippen MR) is 66.6 cm³/mol. The topological polar surface area (TPSA) is 0 Å². The van der Waals surface area contributed by atoms with Crippen LogP contribution < -0.4 is 0 Å². The van der Waals surface area contributed by atoms with Gasteiger partial charge in [0.1, 0.15) is 5.82 Å². The smallest absolute Gasteiger partial charge is 0.126 e. The van der Waals surface area contributed by atoms with E-state index in [0.717, 1.165) is 22.3 Å². The lowest BCUT2D eigenvalue weighted by Crippen LogP contribution is -1.93. The normalized spacial score (nSPS) is 27.9. The lowest BCUT2D eigenvalue weighted by Gasteiger charge is -2.06. The molecule has 0 saturated heterocycles. The maximum absolute atomic E-state index is 13.6. The highest BCUT2D eigenvalue weighted by Gasteiger charge is 2.50. The van der Waals surface area contributed by atoms with E-state index in [1.807, 2.05) is 19.9 Å². The van der Waals surface area contributed by atoms with Crippen molar-refractivity contribution in [2.24, 2.45) is 5.92 Å². The zero-order valence-electron chi connectivity index (χ0n) is 9.85. The maximum atomic E-state index is 13.6. The molecule has 0 aliphatic heterocycles. The van der Waals surface area contributed by atoms with Gasteiger partial charge < -0.3 is 0 Å². The molecule has 1 aromatic carbocycles. The minimum absolute atomic E-state index is 0.0824. The second-order valence-corrected chi connectivity index (χ2v) is 5.29. The molecule has 3 atom stereocenters. The molecule has 1 aliphatic carbocycles. The molecule has 0 heterocycles. The van der Waals surface area contributed by atoms with Crippen molar-refractivity contribution < 1.29 is 4.39 Å². The number of hydrogen-bond acceptors (Lipinski definition) is 0. The maximum Gasteiger partial charge on any atom is 0.126 e. The SMILES string of the molecule is C=C(C)C1C(Cl)C1c1cc(C)c(C)c(F)c1. The summed E-state index contributed by atoms with van der Waals surface area (Å²) in [7, 11) is 0. The zero-order valence-corrected chi connectivity index (χ0v) is 10.6. The number of alkyl halides is 1. The van der Waals surface area contributed by atoms with Gasteiger partial charge in [-0.15, -0.1) is 11.6 Å². The Balaban J connectivity index is 2.34. The summed E-state index contributed by atoms with van der Waals surface area (Å²) in [6.45, 7) is 9.65. The monoisotopic (exact) mass is 238 g/mol. The van der Waals surface area contributed by atoms with Crippen molar-refractivity contribution in [1.82, 2.24) is 0 Å². The van der Waals surface area contributed by atoms with E-state index in [-0.39, 0.29) is 17.1 Å². The second kappa shape index (κ2) is 3.89. The van der Waals surface area contributed by atoms with Gasteiger partial charge in [-0.2, -0.15) is 0 Å². The fraction of sp³-hybridized carbons (Fsp3) is 0.429. The number of allylic oxidation sites excluding steroid dienone is 1. The van der Waals surface area contributed by atoms with Crippen LogP contribution in [-0.2, 0) is 0 Å². The Kier molecular flexibility index (Phi) is 2.83. The summed E-state index contributed by atoms with van der Waals surface area (Å²) < 4.78 is 13.6. The van der Waals surface area contributed by atoms with Crippen molar-refractivity contribution in [3.05, 3.63) is 46.8 Å². The number of benzene rings is 1. The Morgan fingerprint density at radius 1 is 1.38 bits per heavy atom. The van der Waals surface area contributed by atoms with Crippen LogP contribution in [0.1, 0.15) is 29.5 Å². The predicted octanol–water partition coefficient (Wildman–Crippen LogP) is 4.34. The van der Waals surface area contributed by atoms with E-state index in [4.69, 9.17) is 11.6 Å². The number of aryl methyl sites for hydroxylation is 1.